The van der Waals surface area contributed by atoms with Crippen LogP contribution in [0.3, 0.4) is 0 Å². The van der Waals surface area contributed by atoms with Crippen molar-refractivity contribution in [2.75, 3.05) is 11.9 Å². The van der Waals surface area contributed by atoms with E-state index in [-0.39, 0.29) is 28.2 Å². The average molecular weight is 806 g/mol. The van der Waals surface area contributed by atoms with Gasteiger partial charge in [0, 0.05) is 34.0 Å². The number of carbonyl (C=O) groups is 5. The number of esters is 1. The van der Waals surface area contributed by atoms with Gasteiger partial charge in [0.1, 0.15) is 6.04 Å². The molecule has 3 aromatic carbocycles. The third kappa shape index (κ3) is 5.76. The summed E-state index contributed by atoms with van der Waals surface area (Å²) in [6.07, 6.45) is 0. The molecule has 0 saturated carbocycles. The number of ketones is 1. The Morgan fingerprint density at radius 2 is 1.46 bits per heavy atom. The largest absolute Gasteiger partial charge is 0.454 e. The lowest BCUT2D eigenvalue weighted by molar-refractivity contribution is -0.150. The first-order chi connectivity index (χ1) is 18.4. The van der Waals surface area contributed by atoms with Gasteiger partial charge in [0.2, 0.25) is 0 Å². The molecule has 0 bridgehead atoms. The van der Waals surface area contributed by atoms with Crippen LogP contribution in [0.25, 0.3) is 0 Å². The summed E-state index contributed by atoms with van der Waals surface area (Å²) in [7, 11) is 0. The number of anilines is 1. The second-order valence-electron chi connectivity index (χ2n) is 8.20. The van der Waals surface area contributed by atoms with Crippen LogP contribution in [0, 0.1) is 0 Å². The first-order valence-electron chi connectivity index (χ1n) is 11.0. The van der Waals surface area contributed by atoms with Crippen molar-refractivity contribution >= 4 is 110 Å². The van der Waals surface area contributed by atoms with Crippen LogP contribution in [0.2, 0.25) is 5.02 Å². The van der Waals surface area contributed by atoms with E-state index in [0.717, 1.165) is 4.90 Å². The fourth-order valence-corrected chi connectivity index (χ4v) is 6.45. The Bertz CT molecular complexity index is 1520. The number of carbonyl (C=O) groups excluding carboxylic acids is 5. The molecule has 0 aromatic heterocycles. The Balaban J connectivity index is 1.46. The molecule has 0 fully saturated rings. The molecule has 0 radical (unpaired) electrons. The normalized spacial score (nSPS) is 13.2. The van der Waals surface area contributed by atoms with E-state index in [1.807, 2.05) is 0 Å². The summed E-state index contributed by atoms with van der Waals surface area (Å²) >= 11 is 19.4. The number of imide groups is 1. The molecule has 1 atom stereocenters. The molecule has 4 rings (SSSR count). The van der Waals surface area contributed by atoms with E-state index in [4.69, 9.17) is 16.3 Å². The molecule has 8 nitrogen and oxygen atoms in total. The SMILES string of the molecule is C[C@H](C(=O)OCC(=O)Nc1ccc(Cl)cc1C(=O)c1ccccc1)N1C(=O)c2c(Br)c(Br)c(Br)c(Br)c2C1=O. The van der Waals surface area contributed by atoms with Crippen LogP contribution in [0.4, 0.5) is 5.69 Å². The highest BCUT2D eigenvalue weighted by atomic mass is 79.9. The Kier molecular flexibility index (Phi) is 9.12. The minimum atomic E-state index is -1.33. The van der Waals surface area contributed by atoms with Crippen molar-refractivity contribution < 1.29 is 28.7 Å². The Morgan fingerprint density at radius 3 is 2.03 bits per heavy atom. The molecule has 3 aromatic rings. The number of amides is 3. The third-order valence-corrected chi connectivity index (χ3v) is 10.7. The van der Waals surface area contributed by atoms with E-state index in [9.17, 15) is 24.0 Å². The molecule has 1 aliphatic rings. The second kappa shape index (κ2) is 12.0. The third-order valence-electron chi connectivity index (χ3n) is 5.74. The fraction of sp³-hybridized carbons (Fsp3) is 0.115. The molecule has 0 spiro atoms. The van der Waals surface area contributed by atoms with Gasteiger partial charge in [-0.1, -0.05) is 41.9 Å². The first kappa shape index (κ1) is 29.6. The van der Waals surface area contributed by atoms with Gasteiger partial charge in [-0.05, 0) is 88.8 Å². The maximum Gasteiger partial charge on any atom is 0.329 e. The first-order valence-corrected chi connectivity index (χ1v) is 14.6. The highest BCUT2D eigenvalue weighted by molar-refractivity contribution is 9.15. The van der Waals surface area contributed by atoms with E-state index in [0.29, 0.717) is 28.5 Å². The van der Waals surface area contributed by atoms with Crippen molar-refractivity contribution in [1.29, 1.82) is 0 Å². The summed E-state index contributed by atoms with van der Waals surface area (Å²) in [5.74, 6) is -3.47. The standard InChI is InChI=1S/C26H15Br4ClN2O6/c1-11(33-24(36)17-18(25(33)37)20(28)22(30)21(29)19(17)27)26(38)39-10-16(34)32-15-8-7-13(31)9-14(15)23(35)12-5-3-2-4-6-12/h2-9,11H,10H2,1H3,(H,32,34)/t11-/m1/s1. The van der Waals surface area contributed by atoms with E-state index >= 15 is 0 Å². The molecule has 1 heterocycles. The van der Waals surface area contributed by atoms with Gasteiger partial charge in [0.25, 0.3) is 17.7 Å². The fourth-order valence-electron chi connectivity index (χ4n) is 3.83. The monoisotopic (exact) mass is 802 g/mol. The lowest BCUT2D eigenvalue weighted by atomic mass is 10.0. The lowest BCUT2D eigenvalue weighted by Gasteiger charge is -2.21. The van der Waals surface area contributed by atoms with E-state index in [1.165, 1.54) is 25.1 Å². The minimum absolute atomic E-state index is 0.0812. The number of nitrogens with zero attached hydrogens (tertiary/aromatic N) is 1. The van der Waals surface area contributed by atoms with Crippen molar-refractivity contribution in [2.45, 2.75) is 13.0 Å². The number of halogens is 5. The van der Waals surface area contributed by atoms with Gasteiger partial charge in [-0.25, -0.2) is 4.79 Å². The summed E-state index contributed by atoms with van der Waals surface area (Å²) in [4.78, 5) is 65.4. The van der Waals surface area contributed by atoms with E-state index in [1.54, 1.807) is 30.3 Å². The van der Waals surface area contributed by atoms with Gasteiger partial charge in [-0.2, -0.15) is 0 Å². The van der Waals surface area contributed by atoms with E-state index < -0.39 is 36.3 Å². The molecule has 1 aliphatic heterocycles. The smallest absolute Gasteiger partial charge is 0.329 e. The van der Waals surface area contributed by atoms with Crippen molar-refractivity contribution in [2.24, 2.45) is 0 Å². The summed E-state index contributed by atoms with van der Waals surface area (Å²) in [5.41, 5.74) is 0.888. The number of rotatable bonds is 7. The molecule has 0 aliphatic carbocycles. The van der Waals surface area contributed by atoms with Crippen LogP contribution in [0.1, 0.15) is 43.6 Å². The van der Waals surface area contributed by atoms with Crippen molar-refractivity contribution in [3.63, 3.8) is 0 Å². The van der Waals surface area contributed by atoms with Gasteiger partial charge >= 0.3 is 5.97 Å². The van der Waals surface area contributed by atoms with Crippen molar-refractivity contribution in [3.8, 4) is 0 Å². The van der Waals surface area contributed by atoms with Crippen molar-refractivity contribution in [1.82, 2.24) is 4.90 Å². The number of benzene rings is 3. The van der Waals surface area contributed by atoms with Gasteiger partial charge in [-0.15, -0.1) is 0 Å². The lowest BCUT2D eigenvalue weighted by Crippen LogP contribution is -2.44. The number of hydrogen-bond donors (Lipinski definition) is 1. The zero-order valence-electron chi connectivity index (χ0n) is 19.7. The van der Waals surface area contributed by atoms with Crippen LogP contribution in [-0.2, 0) is 14.3 Å². The molecule has 13 heteroatoms. The molecule has 39 heavy (non-hydrogen) atoms. The number of ether oxygens (including phenoxy) is 1. The predicted molar refractivity (Wildman–Crippen MR) is 158 cm³/mol. The van der Waals surface area contributed by atoms with Gasteiger partial charge in [-0.3, -0.25) is 24.1 Å². The number of fused-ring (bicyclic) bond motifs is 1. The quantitative estimate of drug-likeness (QED) is 0.0927. The van der Waals surface area contributed by atoms with Crippen LogP contribution in [0.5, 0.6) is 0 Å². The molecular weight excluding hydrogens is 791 g/mol. The van der Waals surface area contributed by atoms with Crippen LogP contribution in [0.15, 0.2) is 66.4 Å². The highest BCUT2D eigenvalue weighted by Crippen LogP contribution is 2.45. The van der Waals surface area contributed by atoms with Gasteiger partial charge < -0.3 is 10.1 Å². The zero-order valence-corrected chi connectivity index (χ0v) is 26.8. The summed E-state index contributed by atoms with van der Waals surface area (Å²) in [6.45, 7) is 0.599. The Hall–Kier alpha value is -2.38. The van der Waals surface area contributed by atoms with E-state index in [2.05, 4.69) is 69.0 Å². The molecular formula is C26H15Br4ClN2O6. The van der Waals surface area contributed by atoms with Crippen molar-refractivity contribution in [3.05, 3.63) is 93.7 Å². The predicted octanol–water partition coefficient (Wildman–Crippen LogP) is 6.79. The van der Waals surface area contributed by atoms with Crippen LogP contribution >= 0.6 is 75.3 Å². The Labute approximate surface area is 260 Å². The Morgan fingerprint density at radius 1 is 0.897 bits per heavy atom. The maximum atomic E-state index is 13.1. The molecule has 200 valence electrons. The highest BCUT2D eigenvalue weighted by Gasteiger charge is 2.45. The zero-order chi connectivity index (χ0) is 28.6. The second-order valence-corrected chi connectivity index (χ2v) is 11.8. The minimum Gasteiger partial charge on any atom is -0.454 e. The average Bonchev–Trinajstić information content (AvgIpc) is 3.19. The summed E-state index contributed by atoms with van der Waals surface area (Å²) in [5, 5.41) is 2.84. The molecule has 0 unspecified atom stereocenters. The maximum absolute atomic E-state index is 13.1. The number of nitrogens with one attached hydrogen (secondary N) is 1. The van der Waals surface area contributed by atoms with Gasteiger partial charge in [0.05, 0.1) is 16.8 Å². The van der Waals surface area contributed by atoms with Crippen LogP contribution < -0.4 is 5.32 Å². The summed E-state index contributed by atoms with van der Waals surface area (Å²) < 4.78 is 6.82. The molecule has 0 saturated heterocycles. The van der Waals surface area contributed by atoms with Gasteiger partial charge in [0.15, 0.2) is 12.4 Å². The summed E-state index contributed by atoms with van der Waals surface area (Å²) in [6, 6.07) is 11.5. The molecule has 3 amide bonds. The molecule has 1 N–H and O–H groups in total. The van der Waals surface area contributed by atoms with Crippen LogP contribution in [-0.4, -0.2) is 47.0 Å². The number of hydrogen-bond acceptors (Lipinski definition) is 6. The topological polar surface area (TPSA) is 110 Å².